The molecule has 0 radical (unpaired) electrons. The van der Waals surface area contributed by atoms with Crippen molar-refractivity contribution in [1.29, 1.82) is 0 Å². The minimum atomic E-state index is -0.252. The van der Waals surface area contributed by atoms with Crippen LogP contribution in [-0.4, -0.2) is 19.0 Å². The quantitative estimate of drug-likeness (QED) is 0.681. The first-order valence-corrected chi connectivity index (χ1v) is 6.80. The SMILES string of the molecule is CCOC12CCCC1(C1=CCCC1)CCO2. The molecule has 2 unspecified atom stereocenters. The van der Waals surface area contributed by atoms with E-state index >= 15 is 0 Å². The highest BCUT2D eigenvalue weighted by atomic mass is 16.7. The molecule has 0 spiro atoms. The van der Waals surface area contributed by atoms with Gasteiger partial charge in [-0.25, -0.2) is 0 Å². The molecule has 1 aliphatic heterocycles. The first-order chi connectivity index (χ1) is 7.83. The van der Waals surface area contributed by atoms with Crippen molar-refractivity contribution in [1.82, 2.24) is 0 Å². The highest BCUT2D eigenvalue weighted by molar-refractivity contribution is 5.26. The van der Waals surface area contributed by atoms with Gasteiger partial charge in [0.25, 0.3) is 0 Å². The van der Waals surface area contributed by atoms with E-state index in [2.05, 4.69) is 13.0 Å². The summed E-state index contributed by atoms with van der Waals surface area (Å²) < 4.78 is 12.1. The van der Waals surface area contributed by atoms with E-state index in [1.165, 1.54) is 38.5 Å². The maximum atomic E-state index is 6.07. The molecule has 90 valence electrons. The zero-order chi connectivity index (χ0) is 11.1. The van der Waals surface area contributed by atoms with Crippen molar-refractivity contribution in [2.75, 3.05) is 13.2 Å². The standard InChI is InChI=1S/C14H22O2/c1-2-15-14-9-5-8-13(14,10-11-16-14)12-6-3-4-7-12/h6H,2-5,7-11H2,1H3. The van der Waals surface area contributed by atoms with Gasteiger partial charge in [0, 0.05) is 18.4 Å². The van der Waals surface area contributed by atoms with Gasteiger partial charge in [0.2, 0.25) is 0 Å². The lowest BCUT2D eigenvalue weighted by molar-refractivity contribution is -0.237. The Kier molecular flexibility index (Phi) is 2.60. The Bertz CT molecular complexity index is 296. The van der Waals surface area contributed by atoms with E-state index in [1.54, 1.807) is 5.57 Å². The second-order valence-corrected chi connectivity index (χ2v) is 5.34. The second kappa shape index (κ2) is 3.85. The topological polar surface area (TPSA) is 18.5 Å². The molecule has 0 amide bonds. The molecule has 0 aromatic heterocycles. The van der Waals surface area contributed by atoms with E-state index in [9.17, 15) is 0 Å². The number of allylic oxidation sites excluding steroid dienone is 1. The smallest absolute Gasteiger partial charge is 0.177 e. The van der Waals surface area contributed by atoms with Crippen LogP contribution in [0.3, 0.4) is 0 Å². The number of hydrogen-bond donors (Lipinski definition) is 0. The highest BCUT2D eigenvalue weighted by Crippen LogP contribution is 2.61. The van der Waals surface area contributed by atoms with Gasteiger partial charge >= 0.3 is 0 Å². The fourth-order valence-corrected chi connectivity index (χ4v) is 4.12. The maximum Gasteiger partial charge on any atom is 0.177 e. The Morgan fingerprint density at radius 3 is 3.00 bits per heavy atom. The van der Waals surface area contributed by atoms with Crippen LogP contribution in [-0.2, 0) is 9.47 Å². The zero-order valence-corrected chi connectivity index (χ0v) is 10.3. The third-order valence-electron chi connectivity index (χ3n) is 4.74. The van der Waals surface area contributed by atoms with Crippen LogP contribution < -0.4 is 0 Å². The lowest BCUT2D eigenvalue weighted by Crippen LogP contribution is -2.44. The largest absolute Gasteiger partial charge is 0.349 e. The van der Waals surface area contributed by atoms with E-state index in [1.807, 2.05) is 0 Å². The first-order valence-electron chi connectivity index (χ1n) is 6.80. The van der Waals surface area contributed by atoms with Crippen molar-refractivity contribution in [2.45, 2.75) is 57.7 Å². The monoisotopic (exact) mass is 222 g/mol. The summed E-state index contributed by atoms with van der Waals surface area (Å²) in [5, 5.41) is 0. The summed E-state index contributed by atoms with van der Waals surface area (Å²) in [4.78, 5) is 0. The Morgan fingerprint density at radius 2 is 2.25 bits per heavy atom. The highest BCUT2D eigenvalue weighted by Gasteiger charge is 2.61. The van der Waals surface area contributed by atoms with Gasteiger partial charge < -0.3 is 9.47 Å². The van der Waals surface area contributed by atoms with Crippen LogP contribution in [0.5, 0.6) is 0 Å². The summed E-state index contributed by atoms with van der Waals surface area (Å²) in [5.41, 5.74) is 1.90. The lowest BCUT2D eigenvalue weighted by atomic mass is 9.73. The van der Waals surface area contributed by atoms with Crippen LogP contribution >= 0.6 is 0 Å². The van der Waals surface area contributed by atoms with Crippen molar-refractivity contribution < 1.29 is 9.47 Å². The third-order valence-corrected chi connectivity index (χ3v) is 4.74. The summed E-state index contributed by atoms with van der Waals surface area (Å²) in [6.45, 7) is 3.74. The van der Waals surface area contributed by atoms with Crippen LogP contribution in [0.1, 0.15) is 51.9 Å². The first kappa shape index (κ1) is 10.8. The van der Waals surface area contributed by atoms with Crippen LogP contribution in [0.4, 0.5) is 0 Å². The molecule has 2 fully saturated rings. The molecule has 1 heterocycles. The molecule has 16 heavy (non-hydrogen) atoms. The molecule has 2 heteroatoms. The lowest BCUT2D eigenvalue weighted by Gasteiger charge is -2.40. The van der Waals surface area contributed by atoms with Gasteiger partial charge in [0.05, 0.1) is 6.61 Å². The Hall–Kier alpha value is -0.340. The predicted molar refractivity (Wildman–Crippen MR) is 63.1 cm³/mol. The summed E-state index contributed by atoms with van der Waals surface area (Å²) in [7, 11) is 0. The number of ether oxygens (including phenoxy) is 2. The molecular formula is C14H22O2. The van der Waals surface area contributed by atoms with Gasteiger partial charge in [-0.15, -0.1) is 0 Å². The number of fused-ring (bicyclic) bond motifs is 1. The normalized spacial score (nSPS) is 42.4. The van der Waals surface area contributed by atoms with Gasteiger partial charge in [-0.2, -0.15) is 0 Å². The average Bonchev–Trinajstić information content (AvgIpc) is 2.88. The molecule has 0 aromatic rings. The average molecular weight is 222 g/mol. The maximum absolute atomic E-state index is 6.07. The summed E-state index contributed by atoms with van der Waals surface area (Å²) in [6.07, 6.45) is 11.2. The fourth-order valence-electron chi connectivity index (χ4n) is 4.12. The summed E-state index contributed by atoms with van der Waals surface area (Å²) in [5.74, 6) is -0.252. The summed E-state index contributed by atoms with van der Waals surface area (Å²) >= 11 is 0. The fraction of sp³-hybridized carbons (Fsp3) is 0.857. The molecular weight excluding hydrogens is 200 g/mol. The van der Waals surface area contributed by atoms with E-state index in [-0.39, 0.29) is 11.2 Å². The van der Waals surface area contributed by atoms with Crippen LogP contribution in [0.2, 0.25) is 0 Å². The predicted octanol–water partition coefficient (Wildman–Crippen LogP) is 3.42. The molecule has 2 nitrogen and oxygen atoms in total. The Balaban J connectivity index is 1.96. The van der Waals surface area contributed by atoms with Crippen molar-refractivity contribution in [3.05, 3.63) is 11.6 Å². The Morgan fingerprint density at radius 1 is 1.31 bits per heavy atom. The minimum Gasteiger partial charge on any atom is -0.349 e. The van der Waals surface area contributed by atoms with Gasteiger partial charge in [0.1, 0.15) is 0 Å². The van der Waals surface area contributed by atoms with Gasteiger partial charge in [-0.05, 0) is 45.4 Å². The van der Waals surface area contributed by atoms with Crippen molar-refractivity contribution in [3.63, 3.8) is 0 Å². The van der Waals surface area contributed by atoms with E-state index < -0.39 is 0 Å². The molecule has 1 saturated carbocycles. The van der Waals surface area contributed by atoms with Gasteiger partial charge in [-0.1, -0.05) is 11.6 Å². The number of hydrogen-bond acceptors (Lipinski definition) is 2. The molecule has 1 saturated heterocycles. The molecule has 3 rings (SSSR count). The van der Waals surface area contributed by atoms with Crippen molar-refractivity contribution in [3.8, 4) is 0 Å². The third kappa shape index (κ3) is 1.26. The molecule has 0 bridgehead atoms. The second-order valence-electron chi connectivity index (χ2n) is 5.34. The van der Waals surface area contributed by atoms with Crippen molar-refractivity contribution in [2.24, 2.45) is 5.41 Å². The zero-order valence-electron chi connectivity index (χ0n) is 10.3. The minimum absolute atomic E-state index is 0.250. The molecule has 0 aromatic carbocycles. The number of rotatable bonds is 3. The molecule has 3 aliphatic rings. The Labute approximate surface area is 98.0 Å². The van der Waals surface area contributed by atoms with Crippen LogP contribution in [0.15, 0.2) is 11.6 Å². The van der Waals surface area contributed by atoms with Crippen molar-refractivity contribution >= 4 is 0 Å². The van der Waals surface area contributed by atoms with Crippen LogP contribution in [0, 0.1) is 5.41 Å². The molecule has 2 atom stereocenters. The van der Waals surface area contributed by atoms with E-state index in [0.29, 0.717) is 0 Å². The van der Waals surface area contributed by atoms with Gasteiger partial charge in [-0.3, -0.25) is 0 Å². The van der Waals surface area contributed by atoms with E-state index in [4.69, 9.17) is 9.47 Å². The summed E-state index contributed by atoms with van der Waals surface area (Å²) in [6, 6.07) is 0. The van der Waals surface area contributed by atoms with Gasteiger partial charge in [0.15, 0.2) is 5.79 Å². The molecule has 2 aliphatic carbocycles. The van der Waals surface area contributed by atoms with E-state index in [0.717, 1.165) is 19.6 Å². The van der Waals surface area contributed by atoms with Crippen LogP contribution in [0.25, 0.3) is 0 Å². The molecule has 0 N–H and O–H groups in total.